The first-order valence-corrected chi connectivity index (χ1v) is 9.65. The third-order valence-corrected chi connectivity index (χ3v) is 7.53. The lowest BCUT2D eigenvalue weighted by Gasteiger charge is -2.31. The Morgan fingerprint density at radius 1 is 1.04 bits per heavy atom. The first-order valence-electron chi connectivity index (χ1n) is 7.83. The Kier molecular flexibility index (Phi) is 4.48. The van der Waals surface area contributed by atoms with Crippen molar-refractivity contribution in [2.75, 3.05) is 13.1 Å². The van der Waals surface area contributed by atoms with E-state index in [0.717, 1.165) is 5.56 Å². The quantitative estimate of drug-likeness (QED) is 0.842. The number of hydrogen-bond acceptors (Lipinski definition) is 4. The number of benzene rings is 1. The van der Waals surface area contributed by atoms with Gasteiger partial charge < -0.3 is 10.2 Å². The molecule has 1 aliphatic carbocycles. The smallest absolute Gasteiger partial charge is 0.243 e. The third-order valence-electron chi connectivity index (χ3n) is 5.15. The van der Waals surface area contributed by atoms with Crippen molar-refractivity contribution in [2.45, 2.75) is 43.8 Å². The van der Waals surface area contributed by atoms with Crippen LogP contribution in [0.4, 0.5) is 0 Å². The summed E-state index contributed by atoms with van der Waals surface area (Å²) in [4.78, 5) is 0.291. The van der Waals surface area contributed by atoms with Gasteiger partial charge in [-0.05, 0) is 61.8 Å². The van der Waals surface area contributed by atoms with E-state index in [2.05, 4.69) is 0 Å². The van der Waals surface area contributed by atoms with Gasteiger partial charge >= 0.3 is 0 Å². The van der Waals surface area contributed by atoms with Gasteiger partial charge in [0.15, 0.2) is 0 Å². The van der Waals surface area contributed by atoms with E-state index in [0.29, 0.717) is 41.4 Å². The number of aliphatic hydroxyl groups excluding tert-OH is 2. The van der Waals surface area contributed by atoms with E-state index in [1.807, 2.05) is 0 Å². The SMILES string of the molecule is Cc1cc(S(=O)(=O)N2C[C@H]3C[C@H](O)[C@H](O)C[C@H]3C2)c(C)cc1Cl. The van der Waals surface area contributed by atoms with Crippen molar-refractivity contribution in [3.05, 3.63) is 28.3 Å². The maximum atomic E-state index is 13.0. The van der Waals surface area contributed by atoms with Gasteiger partial charge in [-0.15, -0.1) is 0 Å². The first-order chi connectivity index (χ1) is 10.7. The molecule has 0 radical (unpaired) electrons. The van der Waals surface area contributed by atoms with Crippen LogP contribution in [-0.2, 0) is 10.0 Å². The van der Waals surface area contributed by atoms with Gasteiger partial charge in [0, 0.05) is 18.1 Å². The van der Waals surface area contributed by atoms with Crippen LogP contribution in [0.15, 0.2) is 17.0 Å². The summed E-state index contributed by atoms with van der Waals surface area (Å²) in [6.45, 7) is 4.34. The van der Waals surface area contributed by atoms with Crippen molar-refractivity contribution in [1.82, 2.24) is 4.31 Å². The molecule has 0 bridgehead atoms. The minimum Gasteiger partial charge on any atom is -0.390 e. The Labute approximate surface area is 141 Å². The molecule has 4 atom stereocenters. The summed E-state index contributed by atoms with van der Waals surface area (Å²) in [6, 6.07) is 3.30. The summed E-state index contributed by atoms with van der Waals surface area (Å²) >= 11 is 6.06. The first kappa shape index (κ1) is 17.2. The molecular formula is C16H22ClNO4S. The molecule has 0 spiro atoms. The minimum absolute atomic E-state index is 0.108. The van der Waals surface area contributed by atoms with Crippen LogP contribution in [0.25, 0.3) is 0 Å². The maximum absolute atomic E-state index is 13.0. The molecular weight excluding hydrogens is 338 g/mol. The van der Waals surface area contributed by atoms with E-state index < -0.39 is 22.2 Å². The lowest BCUT2D eigenvalue weighted by molar-refractivity contribution is -0.0372. The Bertz CT molecular complexity index is 703. The fourth-order valence-electron chi connectivity index (χ4n) is 3.73. The predicted molar refractivity (Wildman–Crippen MR) is 87.9 cm³/mol. The molecule has 2 aliphatic rings. The predicted octanol–water partition coefficient (Wildman–Crippen LogP) is 1.71. The number of aryl methyl sites for hydroxylation is 2. The normalized spacial score (nSPS) is 32.0. The Morgan fingerprint density at radius 3 is 2.09 bits per heavy atom. The van der Waals surface area contributed by atoms with E-state index >= 15 is 0 Å². The molecule has 0 aromatic heterocycles. The summed E-state index contributed by atoms with van der Waals surface area (Å²) in [7, 11) is -3.59. The third kappa shape index (κ3) is 3.03. The molecule has 7 heteroatoms. The van der Waals surface area contributed by atoms with Crippen molar-refractivity contribution in [3.8, 4) is 0 Å². The van der Waals surface area contributed by atoms with Crippen LogP contribution in [0, 0.1) is 25.7 Å². The molecule has 128 valence electrons. The topological polar surface area (TPSA) is 77.8 Å². The lowest BCUT2D eigenvalue weighted by Crippen LogP contribution is -2.38. The molecule has 1 aromatic rings. The molecule has 0 amide bonds. The summed E-state index contributed by atoms with van der Waals surface area (Å²) in [6.07, 6.45) is -0.593. The van der Waals surface area contributed by atoms with Crippen LogP contribution in [0.1, 0.15) is 24.0 Å². The molecule has 1 saturated carbocycles. The van der Waals surface area contributed by atoms with Crippen LogP contribution in [0.2, 0.25) is 5.02 Å². The fraction of sp³-hybridized carbons (Fsp3) is 0.625. The second kappa shape index (κ2) is 6.01. The van der Waals surface area contributed by atoms with Gasteiger partial charge in [0.05, 0.1) is 17.1 Å². The van der Waals surface area contributed by atoms with Crippen molar-refractivity contribution >= 4 is 21.6 Å². The fourth-order valence-corrected chi connectivity index (χ4v) is 5.80. The number of nitrogens with zero attached hydrogens (tertiary/aromatic N) is 1. The molecule has 23 heavy (non-hydrogen) atoms. The number of sulfonamides is 1. The Morgan fingerprint density at radius 2 is 1.57 bits per heavy atom. The van der Waals surface area contributed by atoms with E-state index in [1.54, 1.807) is 26.0 Å². The second-order valence-corrected chi connectivity index (χ2v) is 9.13. The highest BCUT2D eigenvalue weighted by Crippen LogP contribution is 2.39. The summed E-state index contributed by atoms with van der Waals surface area (Å²) in [5.41, 5.74) is 1.37. The van der Waals surface area contributed by atoms with E-state index in [1.165, 1.54) is 4.31 Å². The monoisotopic (exact) mass is 359 g/mol. The zero-order valence-electron chi connectivity index (χ0n) is 13.2. The van der Waals surface area contributed by atoms with E-state index in [4.69, 9.17) is 11.6 Å². The average molecular weight is 360 g/mol. The van der Waals surface area contributed by atoms with E-state index in [9.17, 15) is 18.6 Å². The van der Waals surface area contributed by atoms with Crippen LogP contribution < -0.4 is 0 Å². The van der Waals surface area contributed by atoms with Gasteiger partial charge in [0.2, 0.25) is 10.0 Å². The molecule has 1 heterocycles. The van der Waals surface area contributed by atoms with Gasteiger partial charge in [-0.2, -0.15) is 4.31 Å². The van der Waals surface area contributed by atoms with Gasteiger partial charge in [-0.25, -0.2) is 8.42 Å². The molecule has 5 nitrogen and oxygen atoms in total. The van der Waals surface area contributed by atoms with Crippen LogP contribution in [-0.4, -0.2) is 48.2 Å². The average Bonchev–Trinajstić information content (AvgIpc) is 2.86. The maximum Gasteiger partial charge on any atom is 0.243 e. The number of hydrogen-bond donors (Lipinski definition) is 2. The van der Waals surface area contributed by atoms with Crippen molar-refractivity contribution in [2.24, 2.45) is 11.8 Å². The van der Waals surface area contributed by atoms with E-state index in [-0.39, 0.29) is 11.8 Å². The van der Waals surface area contributed by atoms with Crippen LogP contribution in [0.3, 0.4) is 0 Å². The molecule has 1 saturated heterocycles. The Balaban J connectivity index is 1.89. The van der Waals surface area contributed by atoms with Gasteiger partial charge in [-0.3, -0.25) is 0 Å². The molecule has 2 N–H and O–H groups in total. The van der Waals surface area contributed by atoms with Gasteiger partial charge in [0.25, 0.3) is 0 Å². The minimum atomic E-state index is -3.59. The summed E-state index contributed by atoms with van der Waals surface area (Å²) < 4.78 is 27.5. The molecule has 1 aliphatic heterocycles. The highest BCUT2D eigenvalue weighted by molar-refractivity contribution is 7.89. The van der Waals surface area contributed by atoms with Crippen molar-refractivity contribution in [3.63, 3.8) is 0 Å². The lowest BCUT2D eigenvalue weighted by atomic mass is 9.79. The molecule has 2 fully saturated rings. The molecule has 0 unspecified atom stereocenters. The van der Waals surface area contributed by atoms with Crippen LogP contribution >= 0.6 is 11.6 Å². The largest absolute Gasteiger partial charge is 0.390 e. The second-order valence-electron chi connectivity index (χ2n) is 6.82. The van der Waals surface area contributed by atoms with Crippen molar-refractivity contribution in [1.29, 1.82) is 0 Å². The highest BCUT2D eigenvalue weighted by Gasteiger charge is 2.45. The van der Waals surface area contributed by atoms with Gasteiger partial charge in [-0.1, -0.05) is 11.6 Å². The number of aliphatic hydroxyl groups is 2. The zero-order chi connectivity index (χ0) is 16.9. The Hall–Kier alpha value is -0.660. The highest BCUT2D eigenvalue weighted by atomic mass is 35.5. The number of fused-ring (bicyclic) bond motifs is 1. The number of halogens is 1. The zero-order valence-corrected chi connectivity index (χ0v) is 14.8. The standard InChI is InChI=1S/C16H22ClNO4S/c1-9-4-16(10(2)3-13(9)17)23(21,22)18-7-11-5-14(19)15(20)6-12(11)8-18/h3-4,11-12,14-15,19-20H,5-8H2,1-2H3/t11-,12+,14+,15-. The summed E-state index contributed by atoms with van der Waals surface area (Å²) in [5, 5.41) is 20.2. The summed E-state index contributed by atoms with van der Waals surface area (Å²) in [5.74, 6) is 0.216. The van der Waals surface area contributed by atoms with Crippen molar-refractivity contribution < 1.29 is 18.6 Å². The molecule has 1 aromatic carbocycles. The van der Waals surface area contributed by atoms with Gasteiger partial charge in [0.1, 0.15) is 0 Å². The molecule has 3 rings (SSSR count). The van der Waals surface area contributed by atoms with Crippen LogP contribution in [0.5, 0.6) is 0 Å². The number of rotatable bonds is 2.